The average Bonchev–Trinajstić information content (AvgIpc) is 2.49. The number of carbonyl (C=O) groups is 1. The van der Waals surface area contributed by atoms with Crippen LogP contribution in [0.25, 0.3) is 0 Å². The highest BCUT2D eigenvalue weighted by atomic mass is 35.5. The molecule has 2 rings (SSSR count). The molecule has 1 N–H and O–H groups in total. The van der Waals surface area contributed by atoms with Gasteiger partial charge >= 0.3 is 0 Å². The minimum Gasteiger partial charge on any atom is -0.345 e. The van der Waals surface area contributed by atoms with Gasteiger partial charge < -0.3 is 5.32 Å². The number of hydrogen-bond donors (Lipinski definition) is 1. The minimum atomic E-state index is -0.101. The van der Waals surface area contributed by atoms with Crippen molar-refractivity contribution < 1.29 is 4.79 Å². The van der Waals surface area contributed by atoms with Crippen LogP contribution in [-0.4, -0.2) is 12.5 Å². The van der Waals surface area contributed by atoms with Crippen molar-refractivity contribution >= 4 is 29.1 Å². The van der Waals surface area contributed by atoms with Crippen molar-refractivity contribution in [1.29, 1.82) is 0 Å². The van der Waals surface area contributed by atoms with Crippen LogP contribution in [-0.2, 0) is 11.2 Å². The normalized spacial score (nSPS) is 9.62. The molecule has 2 aromatic rings. The molecule has 0 heterocycles. The van der Waals surface area contributed by atoms with E-state index in [0.717, 1.165) is 11.1 Å². The Hall–Kier alpha value is -1.95. The average molecular weight is 318 g/mol. The largest absolute Gasteiger partial charge is 0.345 e. The van der Waals surface area contributed by atoms with Crippen molar-refractivity contribution in [3.8, 4) is 11.8 Å². The minimum absolute atomic E-state index is 0.101. The van der Waals surface area contributed by atoms with Crippen molar-refractivity contribution in [3.05, 3.63) is 69.7 Å². The highest BCUT2D eigenvalue weighted by molar-refractivity contribution is 6.42. The van der Waals surface area contributed by atoms with Crippen molar-refractivity contribution in [3.63, 3.8) is 0 Å². The van der Waals surface area contributed by atoms with Gasteiger partial charge in [-0.15, -0.1) is 0 Å². The zero-order chi connectivity index (χ0) is 15.1. The quantitative estimate of drug-likeness (QED) is 0.859. The molecule has 0 unspecified atom stereocenters. The van der Waals surface area contributed by atoms with Gasteiger partial charge in [-0.05, 0) is 29.8 Å². The van der Waals surface area contributed by atoms with Crippen molar-refractivity contribution in [1.82, 2.24) is 5.32 Å². The van der Waals surface area contributed by atoms with Gasteiger partial charge in [0.05, 0.1) is 23.0 Å². The number of carbonyl (C=O) groups excluding carboxylic acids is 1. The van der Waals surface area contributed by atoms with Gasteiger partial charge in [0.1, 0.15) is 0 Å². The first-order valence-corrected chi connectivity index (χ1v) is 7.15. The fourth-order valence-corrected chi connectivity index (χ4v) is 2.03. The molecule has 0 radical (unpaired) electrons. The third-order valence-corrected chi connectivity index (χ3v) is 3.47. The van der Waals surface area contributed by atoms with Gasteiger partial charge in [0.15, 0.2) is 0 Å². The van der Waals surface area contributed by atoms with Crippen LogP contribution >= 0.6 is 23.2 Å². The molecule has 0 saturated heterocycles. The Kier molecular flexibility index (Phi) is 5.68. The highest BCUT2D eigenvalue weighted by Crippen LogP contribution is 2.22. The molecule has 0 bridgehead atoms. The summed E-state index contributed by atoms with van der Waals surface area (Å²) in [6, 6.07) is 14.8. The second-order valence-electron chi connectivity index (χ2n) is 4.37. The Morgan fingerprint density at radius 2 is 1.81 bits per heavy atom. The molecule has 0 aliphatic carbocycles. The summed E-state index contributed by atoms with van der Waals surface area (Å²) < 4.78 is 0. The van der Waals surface area contributed by atoms with Gasteiger partial charge in [0.2, 0.25) is 5.91 Å². The summed E-state index contributed by atoms with van der Waals surface area (Å²) in [6.07, 6.45) is 0.254. The summed E-state index contributed by atoms with van der Waals surface area (Å²) in [5, 5.41) is 3.68. The van der Waals surface area contributed by atoms with E-state index >= 15 is 0 Å². The Balaban J connectivity index is 1.83. The molecule has 2 aromatic carbocycles. The van der Waals surface area contributed by atoms with Crippen molar-refractivity contribution in [2.45, 2.75) is 6.42 Å². The van der Waals surface area contributed by atoms with E-state index in [2.05, 4.69) is 17.2 Å². The highest BCUT2D eigenvalue weighted by Gasteiger charge is 2.04. The maximum atomic E-state index is 11.8. The molecule has 1 amide bonds. The van der Waals surface area contributed by atoms with Gasteiger partial charge in [-0.1, -0.05) is 59.3 Å². The fourth-order valence-electron chi connectivity index (χ4n) is 1.71. The smallest absolute Gasteiger partial charge is 0.225 e. The van der Waals surface area contributed by atoms with Crippen LogP contribution in [0.3, 0.4) is 0 Å². The molecule has 0 spiro atoms. The molecular formula is C17H13Cl2NO. The van der Waals surface area contributed by atoms with Crippen molar-refractivity contribution in [2.75, 3.05) is 6.54 Å². The number of halogens is 2. The van der Waals surface area contributed by atoms with E-state index in [4.69, 9.17) is 23.2 Å². The Morgan fingerprint density at radius 3 is 2.52 bits per heavy atom. The van der Waals surface area contributed by atoms with Crippen LogP contribution in [0.1, 0.15) is 11.1 Å². The summed E-state index contributed by atoms with van der Waals surface area (Å²) >= 11 is 11.7. The summed E-state index contributed by atoms with van der Waals surface area (Å²) in [4.78, 5) is 11.8. The maximum absolute atomic E-state index is 11.8. The second kappa shape index (κ2) is 7.73. The van der Waals surface area contributed by atoms with Gasteiger partial charge in [0.25, 0.3) is 0 Å². The standard InChI is InChI=1S/C17H13Cl2NO/c18-15-9-8-14(11-16(15)19)12-17(21)20-10-4-7-13-5-2-1-3-6-13/h1-3,5-6,8-9,11H,10,12H2,(H,20,21). The number of nitrogens with one attached hydrogen (secondary N) is 1. The summed E-state index contributed by atoms with van der Waals surface area (Å²) in [7, 11) is 0. The Morgan fingerprint density at radius 1 is 1.05 bits per heavy atom. The van der Waals surface area contributed by atoms with Crippen LogP contribution in [0, 0.1) is 11.8 Å². The van der Waals surface area contributed by atoms with E-state index in [1.807, 2.05) is 30.3 Å². The molecule has 0 aromatic heterocycles. The molecule has 106 valence electrons. The number of benzene rings is 2. The molecule has 0 aliphatic heterocycles. The van der Waals surface area contributed by atoms with Crippen LogP contribution in [0.5, 0.6) is 0 Å². The molecule has 0 saturated carbocycles. The van der Waals surface area contributed by atoms with Gasteiger partial charge in [0, 0.05) is 5.56 Å². The summed E-state index contributed by atoms with van der Waals surface area (Å²) in [6.45, 7) is 0.315. The molecule has 0 atom stereocenters. The Labute approximate surface area is 134 Å². The molecule has 2 nitrogen and oxygen atoms in total. The maximum Gasteiger partial charge on any atom is 0.225 e. The van der Waals surface area contributed by atoms with E-state index in [1.54, 1.807) is 18.2 Å². The molecule has 0 fully saturated rings. The zero-order valence-electron chi connectivity index (χ0n) is 11.2. The number of hydrogen-bond acceptors (Lipinski definition) is 1. The second-order valence-corrected chi connectivity index (χ2v) is 5.18. The summed E-state index contributed by atoms with van der Waals surface area (Å²) in [5.74, 6) is 5.79. The SMILES string of the molecule is O=C(Cc1ccc(Cl)c(Cl)c1)NCC#Cc1ccccc1. The van der Waals surface area contributed by atoms with E-state index < -0.39 is 0 Å². The predicted octanol–water partition coefficient (Wildman–Crippen LogP) is 3.70. The van der Waals surface area contributed by atoms with E-state index in [1.165, 1.54) is 0 Å². The molecule has 4 heteroatoms. The van der Waals surface area contributed by atoms with Crippen LogP contribution in [0.15, 0.2) is 48.5 Å². The van der Waals surface area contributed by atoms with E-state index in [9.17, 15) is 4.79 Å². The zero-order valence-corrected chi connectivity index (χ0v) is 12.7. The lowest BCUT2D eigenvalue weighted by atomic mass is 10.1. The molecule has 21 heavy (non-hydrogen) atoms. The van der Waals surface area contributed by atoms with E-state index in [0.29, 0.717) is 16.6 Å². The first-order valence-electron chi connectivity index (χ1n) is 6.40. The van der Waals surface area contributed by atoms with Gasteiger partial charge in [-0.25, -0.2) is 0 Å². The van der Waals surface area contributed by atoms with Crippen LogP contribution < -0.4 is 5.32 Å². The lowest BCUT2D eigenvalue weighted by molar-refractivity contribution is -0.120. The third kappa shape index (κ3) is 5.15. The fraction of sp³-hybridized carbons (Fsp3) is 0.118. The first-order chi connectivity index (χ1) is 10.1. The predicted molar refractivity (Wildman–Crippen MR) is 86.5 cm³/mol. The molecular weight excluding hydrogens is 305 g/mol. The van der Waals surface area contributed by atoms with E-state index in [-0.39, 0.29) is 12.3 Å². The number of amides is 1. The summed E-state index contributed by atoms with van der Waals surface area (Å²) in [5.41, 5.74) is 1.74. The van der Waals surface area contributed by atoms with Gasteiger partial charge in [-0.2, -0.15) is 0 Å². The van der Waals surface area contributed by atoms with Crippen LogP contribution in [0.2, 0.25) is 10.0 Å². The lowest BCUT2D eigenvalue weighted by Crippen LogP contribution is -2.25. The lowest BCUT2D eigenvalue weighted by Gasteiger charge is -2.03. The topological polar surface area (TPSA) is 29.1 Å². The molecule has 0 aliphatic rings. The van der Waals surface area contributed by atoms with Crippen molar-refractivity contribution in [2.24, 2.45) is 0 Å². The number of rotatable bonds is 3. The van der Waals surface area contributed by atoms with Crippen LogP contribution in [0.4, 0.5) is 0 Å². The first kappa shape index (κ1) is 15.4. The Bertz CT molecular complexity index is 687. The third-order valence-electron chi connectivity index (χ3n) is 2.73. The monoisotopic (exact) mass is 317 g/mol. The van der Waals surface area contributed by atoms with Gasteiger partial charge in [-0.3, -0.25) is 4.79 Å².